The van der Waals surface area contributed by atoms with Gasteiger partial charge in [0.25, 0.3) is 20.1 Å². The molecule has 0 aromatic heterocycles. The first-order chi connectivity index (χ1) is 70.0. The van der Waals surface area contributed by atoms with Gasteiger partial charge in [0.15, 0.2) is 16.1 Å². The van der Waals surface area contributed by atoms with Crippen LogP contribution in [0.1, 0.15) is 33.4 Å². The molecule has 0 fully saturated rings. The standard InChI is InChI=1S/C65H46B2N2OS2Si.C60H36B2N2O2S2Si/c1-38-21-25-42-33-43-34-44(36-58-64(43)66(46(42)29-38)48-31-40(3)23-27-56(48)71-58)68-50-13-5-9-17-60(50)73(61-18-10-6-14-51(61)68)62-19-11-7-15-52(62)69(53-16-8-12-20-63(53)73)45-35-55-65-59(37-45)72-57-28-24-41(4)32-49(57)67(65)47-30-39(2)22-26-54(47)70-55;1-8-23-47-39(16-1)61-42-18-3-10-26-52(42)68-54-36-38(35-50(65-47)60(54)61)64-45-21-6-13-30-57(45)69(58-31-14-7-22-46(58)64)55-28-11-4-19-43(55)63(44-20-5-12-29-56(44)69)37-32-33-40-49(34-37)66-48-24-15-27-53-59(48)62(40)41-17-2-9-25-51(41)67-53/h5-32,34-37H,33H2,1-4H3;1-36H. The minimum atomic E-state index is -3.04. The zero-order chi connectivity index (χ0) is 93.4. The Labute approximate surface area is 845 Å². The maximum Gasteiger partial charge on any atom is 0.253 e. The minimum absolute atomic E-state index is 0.0999. The van der Waals surface area contributed by atoms with Crippen LogP contribution < -0.4 is 141 Å². The smallest absolute Gasteiger partial charge is 0.253 e. The molecule has 7 nitrogen and oxygen atoms in total. The molecule has 12 aliphatic heterocycles. The van der Waals surface area contributed by atoms with Gasteiger partial charge in [-0.2, -0.15) is 0 Å². The molecule has 664 valence electrons. The Morgan fingerprint density at radius 3 is 0.979 bits per heavy atom. The van der Waals surface area contributed by atoms with E-state index < -0.39 is 16.1 Å². The fraction of sp³-hybridized carbons (Fsp3) is 0.0400. The normalized spacial score (nSPS) is 15.1. The molecule has 0 radical (unpaired) electrons. The number of para-hydroxylation sites is 9. The third-order valence-electron chi connectivity index (χ3n) is 32.0. The van der Waals surface area contributed by atoms with Gasteiger partial charge in [0.2, 0.25) is 6.71 Å². The Kier molecular flexibility index (Phi) is 17.8. The number of anilines is 12. The van der Waals surface area contributed by atoms with E-state index in [4.69, 9.17) is 14.2 Å². The Morgan fingerprint density at radius 1 is 0.197 bits per heavy atom. The molecule has 0 unspecified atom stereocenters. The molecule has 0 N–H and O–H groups in total. The lowest BCUT2D eigenvalue weighted by molar-refractivity contribution is 0.486. The second kappa shape index (κ2) is 30.8. The van der Waals surface area contributed by atoms with Gasteiger partial charge >= 0.3 is 0 Å². The summed E-state index contributed by atoms with van der Waals surface area (Å²) in [7, 11) is -6.07. The van der Waals surface area contributed by atoms with Crippen molar-refractivity contribution in [3.05, 3.63) is 446 Å². The van der Waals surface area contributed by atoms with Crippen LogP contribution in [0.5, 0.6) is 34.5 Å². The summed E-state index contributed by atoms with van der Waals surface area (Å²) >= 11 is 7.54. The molecule has 0 aliphatic carbocycles. The van der Waals surface area contributed by atoms with E-state index in [1.807, 2.05) is 47.0 Å². The highest BCUT2D eigenvalue weighted by atomic mass is 32.2. The van der Waals surface area contributed by atoms with E-state index >= 15 is 0 Å². The van der Waals surface area contributed by atoms with Crippen molar-refractivity contribution in [3.63, 3.8) is 0 Å². The number of aryl methyl sites for hydroxylation is 4. The van der Waals surface area contributed by atoms with Crippen molar-refractivity contribution in [2.75, 3.05) is 19.6 Å². The summed E-state index contributed by atoms with van der Waals surface area (Å²) in [6.45, 7) is 9.40. The molecule has 142 heavy (non-hydrogen) atoms. The molecule has 32 rings (SSSR count). The van der Waals surface area contributed by atoms with Crippen LogP contribution in [-0.4, -0.2) is 43.0 Å². The second-order valence-electron chi connectivity index (χ2n) is 39.7. The van der Waals surface area contributed by atoms with Crippen molar-refractivity contribution in [2.45, 2.75) is 73.3 Å². The monoisotopic (exact) mass is 1910 g/mol. The van der Waals surface area contributed by atoms with Gasteiger partial charge in [-0.05, 0) is 247 Å². The van der Waals surface area contributed by atoms with E-state index in [1.54, 1.807) is 0 Å². The number of fused-ring (bicyclic) bond motifs is 32. The van der Waals surface area contributed by atoms with E-state index in [-0.39, 0.29) is 26.9 Å². The molecular weight excluding hydrogens is 1830 g/mol. The van der Waals surface area contributed by atoms with Gasteiger partial charge in [-0.25, -0.2) is 0 Å². The molecule has 0 atom stereocenters. The van der Waals surface area contributed by atoms with E-state index in [2.05, 4.69) is 460 Å². The summed E-state index contributed by atoms with van der Waals surface area (Å²) in [5.74, 6) is 5.58. The highest BCUT2D eigenvalue weighted by molar-refractivity contribution is 8.01. The van der Waals surface area contributed by atoms with E-state index in [9.17, 15) is 0 Å². The molecule has 12 heterocycles. The zero-order valence-corrected chi connectivity index (χ0v) is 83.2. The van der Waals surface area contributed by atoms with Gasteiger partial charge < -0.3 is 33.8 Å². The van der Waals surface area contributed by atoms with Gasteiger partial charge in [0.1, 0.15) is 34.5 Å². The Bertz CT molecular complexity index is 8360. The average molecular weight is 1920 g/mol. The van der Waals surface area contributed by atoms with Crippen LogP contribution >= 0.6 is 47.0 Å². The summed E-state index contributed by atoms with van der Waals surface area (Å²) in [6, 6.07) is 157. The molecule has 12 aliphatic rings. The van der Waals surface area contributed by atoms with Crippen LogP contribution in [-0.2, 0) is 6.42 Å². The summed E-state index contributed by atoms with van der Waals surface area (Å²) in [5.41, 5.74) is 38.2. The van der Waals surface area contributed by atoms with Crippen LogP contribution in [0.15, 0.2) is 452 Å². The Morgan fingerprint density at radius 2 is 0.507 bits per heavy atom. The molecule has 2 spiro atoms. The maximum atomic E-state index is 7.05. The van der Waals surface area contributed by atoms with Crippen molar-refractivity contribution >= 4 is 265 Å². The average Bonchev–Trinajstić information content (AvgIpc) is 0.673. The predicted molar refractivity (Wildman–Crippen MR) is 602 cm³/mol. The molecular formula is C125H82B4N4O3S4Si2. The number of hydrogen-bond donors (Lipinski definition) is 0. The number of rotatable bonds is 4. The van der Waals surface area contributed by atoms with Crippen LogP contribution in [0.3, 0.4) is 0 Å². The summed E-state index contributed by atoms with van der Waals surface area (Å²) in [4.78, 5) is 20.6. The lowest BCUT2D eigenvalue weighted by Gasteiger charge is -2.50. The predicted octanol–water partition coefficient (Wildman–Crippen LogP) is 18.6. The van der Waals surface area contributed by atoms with Crippen LogP contribution in [0.4, 0.5) is 68.2 Å². The fourth-order valence-corrected chi connectivity index (χ4v) is 42.0. The molecule has 17 heteroatoms. The van der Waals surface area contributed by atoms with Crippen molar-refractivity contribution in [1.82, 2.24) is 0 Å². The zero-order valence-electron chi connectivity index (χ0n) is 77.9. The fourth-order valence-electron chi connectivity index (χ4n) is 26.4. The first kappa shape index (κ1) is 81.9. The largest absolute Gasteiger partial charge is 0.458 e. The first-order valence-electron chi connectivity index (χ1n) is 49.2. The van der Waals surface area contributed by atoms with Crippen molar-refractivity contribution < 1.29 is 14.2 Å². The molecule has 20 aromatic carbocycles. The number of nitrogens with zero attached hydrogens (tertiary/aromatic N) is 4. The number of ether oxygens (including phenoxy) is 3. The summed E-state index contributed by atoms with van der Waals surface area (Å²) in [6.07, 6.45) is 0.920. The lowest BCUT2D eigenvalue weighted by Crippen LogP contribution is -2.79. The lowest BCUT2D eigenvalue weighted by atomic mass is 9.33. The first-order valence-corrected chi connectivity index (χ1v) is 56.5. The van der Waals surface area contributed by atoms with E-state index in [1.165, 1.54) is 231 Å². The van der Waals surface area contributed by atoms with Crippen molar-refractivity contribution in [1.29, 1.82) is 0 Å². The van der Waals surface area contributed by atoms with Crippen LogP contribution in [0, 0.1) is 27.7 Å². The molecule has 20 aromatic rings. The third kappa shape index (κ3) is 11.5. The highest BCUT2D eigenvalue weighted by Crippen LogP contribution is 2.53. The molecule has 0 amide bonds. The molecule has 0 saturated heterocycles. The van der Waals surface area contributed by atoms with E-state index in [0.29, 0.717) is 0 Å². The van der Waals surface area contributed by atoms with Gasteiger partial charge in [0, 0.05) is 114 Å². The SMILES string of the molecule is Cc1ccc2c(c1)B1c3cc(C)ccc3Sc3cc(N4c5ccccc5[Si]5(c6ccccc64)c4ccccc4N(c4cc6c7c(c4)Sc4ccc(C)cc4B7c4cc(C)ccc4O6)c4ccccc45)cc(c31)C2.c1ccc2c(c1)Oc1cc(N3c4ccccc4[Si]4(c5ccccc5N(c5ccc6c(c5)Oc5cccc7c5B6c5ccccc5S7)c5ccccc54)c4ccccc43)cc3c1B2c1ccccc1S3. The Balaban J connectivity index is 0.000000130. The van der Waals surface area contributed by atoms with Gasteiger partial charge in [0.05, 0.1) is 11.4 Å². The quantitative estimate of drug-likeness (QED) is 0.158. The third-order valence-corrected chi connectivity index (χ3v) is 46.4. The second-order valence-corrected chi connectivity index (χ2v) is 51.3. The number of benzene rings is 20. The molecule has 0 saturated carbocycles. The van der Waals surface area contributed by atoms with Gasteiger partial charge in [-0.3, -0.25) is 0 Å². The van der Waals surface area contributed by atoms with Gasteiger partial charge in [-0.15, -0.1) is 0 Å². The van der Waals surface area contributed by atoms with Crippen molar-refractivity contribution in [2.24, 2.45) is 0 Å². The van der Waals surface area contributed by atoms with E-state index in [0.717, 1.165) is 58.0 Å². The number of hydrogen-bond acceptors (Lipinski definition) is 11. The van der Waals surface area contributed by atoms with Crippen LogP contribution in [0.2, 0.25) is 0 Å². The highest BCUT2D eigenvalue weighted by Gasteiger charge is 2.58. The van der Waals surface area contributed by atoms with Gasteiger partial charge in [-0.1, -0.05) is 369 Å². The summed E-state index contributed by atoms with van der Waals surface area (Å²) < 4.78 is 21.0. The molecule has 0 bridgehead atoms. The summed E-state index contributed by atoms with van der Waals surface area (Å²) in [5, 5.41) is 11.1. The maximum absolute atomic E-state index is 7.05. The minimum Gasteiger partial charge on any atom is -0.458 e. The van der Waals surface area contributed by atoms with Crippen LogP contribution in [0.25, 0.3) is 0 Å². The van der Waals surface area contributed by atoms with Crippen molar-refractivity contribution in [3.8, 4) is 34.5 Å². The topological polar surface area (TPSA) is 40.7 Å². The Hall–Kier alpha value is -14.9.